The largest absolute Gasteiger partial charge is 0.386 e. The van der Waals surface area contributed by atoms with Crippen molar-refractivity contribution in [1.29, 1.82) is 0 Å². The summed E-state index contributed by atoms with van der Waals surface area (Å²) in [7, 11) is 0. The number of nitrogens with zero attached hydrogens (tertiary/aromatic N) is 3. The van der Waals surface area contributed by atoms with Crippen molar-refractivity contribution in [3.63, 3.8) is 0 Å². The molecule has 6 nitrogen and oxygen atoms in total. The Balaban J connectivity index is 2.15. The van der Waals surface area contributed by atoms with E-state index in [2.05, 4.69) is 4.98 Å². The van der Waals surface area contributed by atoms with Gasteiger partial charge in [-0.15, -0.1) is 0 Å². The van der Waals surface area contributed by atoms with Gasteiger partial charge in [-0.05, 0) is 16.0 Å². The van der Waals surface area contributed by atoms with E-state index in [0.29, 0.717) is 6.07 Å². The molecule has 0 radical (unpaired) electrons. The molecule has 0 saturated heterocycles. The normalized spacial score (nSPS) is 12.4. The van der Waals surface area contributed by atoms with Crippen LogP contribution in [0.2, 0.25) is 0 Å². The van der Waals surface area contributed by atoms with Crippen molar-refractivity contribution in [2.24, 2.45) is 0 Å². The fourth-order valence-corrected chi connectivity index (χ4v) is 1.61. The molecular weight excluding hydrogens is 260 g/mol. The Morgan fingerprint density at radius 3 is 2.79 bits per heavy atom. The molecule has 0 aliphatic rings. The van der Waals surface area contributed by atoms with Gasteiger partial charge in [-0.1, -0.05) is 6.07 Å². The van der Waals surface area contributed by atoms with E-state index < -0.39 is 22.7 Å². The van der Waals surface area contributed by atoms with Crippen molar-refractivity contribution in [1.82, 2.24) is 9.55 Å². The maximum absolute atomic E-state index is 13.4. The van der Waals surface area contributed by atoms with Gasteiger partial charge in [0.05, 0.1) is 12.6 Å². The van der Waals surface area contributed by atoms with Gasteiger partial charge in [0.25, 0.3) is 0 Å². The first-order valence-electron chi connectivity index (χ1n) is 5.26. The van der Waals surface area contributed by atoms with Gasteiger partial charge in [-0.3, -0.25) is 0 Å². The summed E-state index contributed by atoms with van der Waals surface area (Å²) < 4.78 is 27.4. The molecule has 0 bridgehead atoms. The Kier molecular flexibility index (Phi) is 3.52. The average Bonchev–Trinajstić information content (AvgIpc) is 2.77. The van der Waals surface area contributed by atoms with Gasteiger partial charge >= 0.3 is 5.82 Å². The number of aliphatic hydroxyl groups excluding tert-OH is 1. The maximum atomic E-state index is 13.4. The van der Waals surface area contributed by atoms with E-state index in [0.717, 1.165) is 24.7 Å². The van der Waals surface area contributed by atoms with E-state index in [4.69, 9.17) is 0 Å². The molecule has 19 heavy (non-hydrogen) atoms. The molecule has 2 aromatic rings. The van der Waals surface area contributed by atoms with Crippen LogP contribution in [0, 0.1) is 21.7 Å². The number of halogens is 2. The number of nitro groups is 1. The molecule has 0 saturated carbocycles. The van der Waals surface area contributed by atoms with Crippen molar-refractivity contribution in [2.45, 2.75) is 12.6 Å². The first-order chi connectivity index (χ1) is 8.97. The molecule has 100 valence electrons. The van der Waals surface area contributed by atoms with Crippen LogP contribution in [0.25, 0.3) is 0 Å². The average molecular weight is 269 g/mol. The molecule has 1 atom stereocenters. The predicted octanol–water partition coefficient (Wildman–Crippen LogP) is 1.80. The summed E-state index contributed by atoms with van der Waals surface area (Å²) in [6, 6.07) is 2.81. The molecule has 1 unspecified atom stereocenters. The Morgan fingerprint density at radius 1 is 1.47 bits per heavy atom. The third-order valence-electron chi connectivity index (χ3n) is 2.51. The molecule has 1 aromatic carbocycles. The van der Waals surface area contributed by atoms with Crippen LogP contribution in [-0.2, 0) is 6.54 Å². The van der Waals surface area contributed by atoms with E-state index in [1.54, 1.807) is 0 Å². The molecule has 0 spiro atoms. The quantitative estimate of drug-likeness (QED) is 0.677. The number of hydrogen-bond donors (Lipinski definition) is 1. The number of imidazole rings is 1. The van der Waals surface area contributed by atoms with Gasteiger partial charge in [0.1, 0.15) is 17.8 Å². The zero-order valence-corrected chi connectivity index (χ0v) is 9.53. The van der Waals surface area contributed by atoms with Crippen LogP contribution in [0.1, 0.15) is 11.7 Å². The second kappa shape index (κ2) is 5.11. The SMILES string of the molecule is O=[N+]([O-])c1cn(CC(O)c2ccc(F)cc2F)cn1. The third kappa shape index (κ3) is 2.91. The minimum Gasteiger partial charge on any atom is -0.386 e. The van der Waals surface area contributed by atoms with Gasteiger partial charge in [0.2, 0.25) is 6.33 Å². The molecule has 1 aromatic heterocycles. The summed E-state index contributed by atoms with van der Waals surface area (Å²) in [5.74, 6) is -1.99. The van der Waals surface area contributed by atoms with Gasteiger partial charge in [0.15, 0.2) is 0 Å². The number of aromatic nitrogens is 2. The molecule has 1 N–H and O–H groups in total. The lowest BCUT2D eigenvalue weighted by atomic mass is 10.1. The minimum absolute atomic E-state index is 0.0854. The number of rotatable bonds is 4. The summed E-state index contributed by atoms with van der Waals surface area (Å²) in [6.07, 6.45) is 1.02. The molecule has 0 amide bonds. The van der Waals surface area contributed by atoms with Gasteiger partial charge in [0, 0.05) is 11.6 Å². The third-order valence-corrected chi connectivity index (χ3v) is 2.51. The molecule has 0 fully saturated rings. The Morgan fingerprint density at radius 2 is 2.21 bits per heavy atom. The lowest BCUT2D eigenvalue weighted by molar-refractivity contribution is -0.389. The second-order valence-electron chi connectivity index (χ2n) is 3.87. The molecule has 0 aliphatic carbocycles. The summed E-state index contributed by atoms with van der Waals surface area (Å²) in [6.45, 7) is -0.122. The standard InChI is InChI=1S/C11H9F2N3O3/c12-7-1-2-8(9(13)3-7)10(17)4-15-5-11(14-6-15)16(18)19/h1-3,5-6,10,17H,4H2. The van der Waals surface area contributed by atoms with Gasteiger partial charge in [-0.25, -0.2) is 8.78 Å². The van der Waals surface area contributed by atoms with E-state index in [1.807, 2.05) is 0 Å². The first kappa shape index (κ1) is 13.1. The highest BCUT2D eigenvalue weighted by Crippen LogP contribution is 2.20. The zero-order chi connectivity index (χ0) is 14.0. The molecule has 0 aliphatic heterocycles. The van der Waals surface area contributed by atoms with Crippen LogP contribution < -0.4 is 0 Å². The molecule has 2 rings (SSSR count). The van der Waals surface area contributed by atoms with E-state index >= 15 is 0 Å². The Bertz CT molecular complexity index is 615. The molecule has 1 heterocycles. The van der Waals surface area contributed by atoms with Crippen molar-refractivity contribution in [3.05, 3.63) is 58.0 Å². The smallest absolute Gasteiger partial charge is 0.381 e. The predicted molar refractivity (Wildman–Crippen MR) is 60.2 cm³/mol. The highest BCUT2D eigenvalue weighted by molar-refractivity contribution is 5.21. The summed E-state index contributed by atoms with van der Waals surface area (Å²) in [5, 5.41) is 20.2. The number of aliphatic hydroxyl groups is 1. The van der Waals surface area contributed by atoms with Crippen LogP contribution in [-0.4, -0.2) is 19.6 Å². The van der Waals surface area contributed by atoms with Crippen LogP contribution in [0.15, 0.2) is 30.7 Å². The van der Waals surface area contributed by atoms with Crippen molar-refractivity contribution in [2.75, 3.05) is 0 Å². The Hall–Kier alpha value is -2.35. The first-order valence-corrected chi connectivity index (χ1v) is 5.26. The summed E-state index contributed by atoms with van der Waals surface area (Å²) >= 11 is 0. The zero-order valence-electron chi connectivity index (χ0n) is 9.53. The van der Waals surface area contributed by atoms with Crippen molar-refractivity contribution < 1.29 is 18.8 Å². The maximum Gasteiger partial charge on any atom is 0.381 e. The topological polar surface area (TPSA) is 81.2 Å². The van der Waals surface area contributed by atoms with Gasteiger partial charge < -0.3 is 19.8 Å². The fraction of sp³-hybridized carbons (Fsp3) is 0.182. The van der Waals surface area contributed by atoms with E-state index in [1.165, 1.54) is 4.57 Å². The van der Waals surface area contributed by atoms with Crippen LogP contribution in [0.5, 0.6) is 0 Å². The Labute approximate surface area is 106 Å². The van der Waals surface area contributed by atoms with E-state index in [9.17, 15) is 24.0 Å². The monoisotopic (exact) mass is 269 g/mol. The fourth-order valence-electron chi connectivity index (χ4n) is 1.61. The van der Waals surface area contributed by atoms with Crippen LogP contribution >= 0.6 is 0 Å². The van der Waals surface area contributed by atoms with Crippen molar-refractivity contribution >= 4 is 5.82 Å². The highest BCUT2D eigenvalue weighted by atomic mass is 19.1. The lowest BCUT2D eigenvalue weighted by Gasteiger charge is -2.11. The molecule has 8 heteroatoms. The minimum atomic E-state index is -1.26. The van der Waals surface area contributed by atoms with Crippen LogP contribution in [0.3, 0.4) is 0 Å². The second-order valence-corrected chi connectivity index (χ2v) is 3.87. The van der Waals surface area contributed by atoms with Gasteiger partial charge in [-0.2, -0.15) is 0 Å². The van der Waals surface area contributed by atoms with Crippen molar-refractivity contribution in [3.8, 4) is 0 Å². The summed E-state index contributed by atoms with van der Waals surface area (Å²) in [5.41, 5.74) is -0.0854. The highest BCUT2D eigenvalue weighted by Gasteiger charge is 2.17. The number of benzene rings is 1. The molecular formula is C11H9F2N3O3. The lowest BCUT2D eigenvalue weighted by Crippen LogP contribution is -2.09. The number of hydrogen-bond acceptors (Lipinski definition) is 4. The summed E-state index contributed by atoms with van der Waals surface area (Å²) in [4.78, 5) is 13.2. The van der Waals surface area contributed by atoms with E-state index in [-0.39, 0.29) is 17.9 Å². The van der Waals surface area contributed by atoms with Crippen LogP contribution in [0.4, 0.5) is 14.6 Å².